The topological polar surface area (TPSA) is 33.1 Å². The van der Waals surface area contributed by atoms with Gasteiger partial charge in [0.2, 0.25) is 0 Å². The van der Waals surface area contributed by atoms with Gasteiger partial charge in [0.15, 0.2) is 0 Å². The summed E-state index contributed by atoms with van der Waals surface area (Å²) in [5.74, 6) is -0.105. The Balaban J connectivity index is 2.22. The molecule has 2 heterocycles. The van der Waals surface area contributed by atoms with Crippen LogP contribution in [0.5, 0.6) is 5.75 Å². The number of hydrogen-bond acceptors (Lipinski definition) is 3. The van der Waals surface area contributed by atoms with Gasteiger partial charge in [-0.25, -0.2) is 4.98 Å². The van der Waals surface area contributed by atoms with Crippen molar-refractivity contribution < 1.29 is 18.3 Å². The summed E-state index contributed by atoms with van der Waals surface area (Å²) in [7, 11) is 0. The molecule has 22 heavy (non-hydrogen) atoms. The smallest absolute Gasteiger partial charge is 0.416 e. The molecule has 0 spiro atoms. The lowest BCUT2D eigenvalue weighted by atomic mass is 10.1. The lowest BCUT2D eigenvalue weighted by Gasteiger charge is -2.12. The van der Waals surface area contributed by atoms with Gasteiger partial charge in [0, 0.05) is 5.56 Å². The first-order valence-electron chi connectivity index (χ1n) is 6.36. The van der Waals surface area contributed by atoms with Crippen LogP contribution in [-0.2, 0) is 6.18 Å². The van der Waals surface area contributed by atoms with E-state index in [0.29, 0.717) is 4.88 Å². The number of halogens is 3. The summed E-state index contributed by atoms with van der Waals surface area (Å²) in [6.07, 6.45) is -4.48. The standard InChI is InChI=1S/C16H10F3NOS/c17-16(18,19)10-8-12(11-4-1-2-5-14(11)21)20-13(9-10)15-6-3-7-22-15/h1-9,21H. The number of pyridine rings is 1. The van der Waals surface area contributed by atoms with Gasteiger partial charge in [0.25, 0.3) is 0 Å². The maximum absolute atomic E-state index is 13.1. The fraction of sp³-hybridized carbons (Fsp3) is 0.0625. The van der Waals surface area contributed by atoms with E-state index in [0.717, 1.165) is 12.1 Å². The number of phenols is 1. The molecular formula is C16H10F3NOS. The van der Waals surface area contributed by atoms with E-state index in [4.69, 9.17) is 0 Å². The molecule has 1 N–H and O–H groups in total. The summed E-state index contributed by atoms with van der Waals surface area (Å²) in [6.45, 7) is 0. The predicted molar refractivity (Wildman–Crippen MR) is 79.7 cm³/mol. The third kappa shape index (κ3) is 2.82. The molecule has 1 aromatic carbocycles. The third-order valence-electron chi connectivity index (χ3n) is 3.11. The average Bonchev–Trinajstić information content (AvgIpc) is 3.00. The number of phenolic OH excluding ortho intramolecular Hbond substituents is 1. The minimum atomic E-state index is -4.48. The van der Waals surface area contributed by atoms with E-state index < -0.39 is 11.7 Å². The van der Waals surface area contributed by atoms with Crippen LogP contribution in [0.2, 0.25) is 0 Å². The van der Waals surface area contributed by atoms with Crippen molar-refractivity contribution in [3.8, 4) is 27.6 Å². The van der Waals surface area contributed by atoms with Crippen LogP contribution < -0.4 is 0 Å². The summed E-state index contributed by atoms with van der Waals surface area (Å²) < 4.78 is 39.4. The highest BCUT2D eigenvalue weighted by atomic mass is 32.1. The quantitative estimate of drug-likeness (QED) is 0.703. The molecule has 2 aromatic heterocycles. The first-order valence-corrected chi connectivity index (χ1v) is 7.24. The number of hydrogen-bond donors (Lipinski definition) is 1. The molecule has 0 fully saturated rings. The fourth-order valence-electron chi connectivity index (χ4n) is 2.07. The lowest BCUT2D eigenvalue weighted by Crippen LogP contribution is -2.06. The number of nitrogens with zero attached hydrogens (tertiary/aromatic N) is 1. The zero-order valence-corrected chi connectivity index (χ0v) is 11.9. The zero-order valence-electron chi connectivity index (χ0n) is 11.1. The van der Waals surface area contributed by atoms with Crippen molar-refractivity contribution in [3.63, 3.8) is 0 Å². The summed E-state index contributed by atoms with van der Waals surface area (Å²) in [4.78, 5) is 4.91. The van der Waals surface area contributed by atoms with Crippen LogP contribution in [0.4, 0.5) is 13.2 Å². The Morgan fingerprint density at radius 3 is 2.32 bits per heavy atom. The van der Waals surface area contributed by atoms with Gasteiger partial charge in [-0.2, -0.15) is 13.2 Å². The average molecular weight is 321 g/mol. The van der Waals surface area contributed by atoms with Gasteiger partial charge in [0.1, 0.15) is 5.75 Å². The van der Waals surface area contributed by atoms with Crippen LogP contribution in [-0.4, -0.2) is 10.1 Å². The summed E-state index contributed by atoms with van der Waals surface area (Å²) >= 11 is 1.31. The number of aromatic hydroxyl groups is 1. The molecule has 0 aliphatic carbocycles. The number of aromatic nitrogens is 1. The van der Waals surface area contributed by atoms with Crippen LogP contribution in [0, 0.1) is 0 Å². The normalized spacial score (nSPS) is 11.6. The Morgan fingerprint density at radius 2 is 1.68 bits per heavy atom. The Hall–Kier alpha value is -2.34. The Bertz CT molecular complexity index is 797. The van der Waals surface area contributed by atoms with E-state index in [1.54, 1.807) is 29.6 Å². The molecule has 0 atom stereocenters. The van der Waals surface area contributed by atoms with Crippen molar-refractivity contribution in [3.05, 3.63) is 59.5 Å². The molecule has 0 saturated heterocycles. The Kier molecular flexibility index (Phi) is 3.62. The van der Waals surface area contributed by atoms with Crippen molar-refractivity contribution in [1.82, 2.24) is 4.98 Å². The second kappa shape index (κ2) is 5.46. The molecule has 0 aliphatic heterocycles. The number of thiophene rings is 1. The van der Waals surface area contributed by atoms with Gasteiger partial charge in [-0.05, 0) is 35.7 Å². The van der Waals surface area contributed by atoms with Crippen LogP contribution in [0.3, 0.4) is 0 Å². The zero-order chi connectivity index (χ0) is 15.7. The van der Waals surface area contributed by atoms with Gasteiger partial charge >= 0.3 is 6.18 Å². The van der Waals surface area contributed by atoms with E-state index in [-0.39, 0.29) is 22.7 Å². The van der Waals surface area contributed by atoms with E-state index in [1.165, 1.54) is 23.5 Å². The van der Waals surface area contributed by atoms with Crippen LogP contribution in [0.25, 0.3) is 21.8 Å². The van der Waals surface area contributed by atoms with Crippen molar-refractivity contribution in [2.24, 2.45) is 0 Å². The van der Waals surface area contributed by atoms with Gasteiger partial charge < -0.3 is 5.11 Å². The van der Waals surface area contributed by atoms with Gasteiger partial charge in [0.05, 0.1) is 21.8 Å². The Morgan fingerprint density at radius 1 is 0.955 bits per heavy atom. The molecule has 0 amide bonds. The van der Waals surface area contributed by atoms with Crippen LogP contribution in [0.1, 0.15) is 5.56 Å². The predicted octanol–water partition coefficient (Wildman–Crippen LogP) is 5.20. The molecule has 0 aliphatic rings. The molecule has 6 heteroatoms. The molecule has 3 aromatic rings. The van der Waals surface area contributed by atoms with Crippen LogP contribution in [0.15, 0.2) is 53.9 Å². The van der Waals surface area contributed by atoms with Crippen molar-refractivity contribution >= 4 is 11.3 Å². The molecule has 2 nitrogen and oxygen atoms in total. The molecule has 0 bridgehead atoms. The summed E-state index contributed by atoms with van der Waals surface area (Å²) in [5.41, 5.74) is -0.185. The third-order valence-corrected chi connectivity index (χ3v) is 4.00. The van der Waals surface area contributed by atoms with E-state index in [1.807, 2.05) is 0 Å². The van der Waals surface area contributed by atoms with Crippen molar-refractivity contribution in [2.75, 3.05) is 0 Å². The fourth-order valence-corrected chi connectivity index (χ4v) is 2.76. The molecule has 0 saturated carbocycles. The minimum Gasteiger partial charge on any atom is -0.507 e. The van der Waals surface area contributed by atoms with E-state index in [2.05, 4.69) is 4.98 Å². The molecular weight excluding hydrogens is 311 g/mol. The second-order valence-corrected chi connectivity index (χ2v) is 5.57. The number of alkyl halides is 3. The molecule has 0 unspecified atom stereocenters. The lowest BCUT2D eigenvalue weighted by molar-refractivity contribution is -0.137. The van der Waals surface area contributed by atoms with Crippen LogP contribution >= 0.6 is 11.3 Å². The van der Waals surface area contributed by atoms with Crippen molar-refractivity contribution in [1.29, 1.82) is 0 Å². The number of rotatable bonds is 2. The maximum atomic E-state index is 13.1. The number of para-hydroxylation sites is 1. The first kappa shape index (κ1) is 14.6. The highest BCUT2D eigenvalue weighted by Crippen LogP contribution is 2.37. The van der Waals surface area contributed by atoms with E-state index in [9.17, 15) is 18.3 Å². The monoisotopic (exact) mass is 321 g/mol. The number of benzene rings is 1. The van der Waals surface area contributed by atoms with Gasteiger partial charge in [-0.1, -0.05) is 18.2 Å². The maximum Gasteiger partial charge on any atom is 0.416 e. The highest BCUT2D eigenvalue weighted by Gasteiger charge is 2.32. The molecule has 0 radical (unpaired) electrons. The first-order chi connectivity index (χ1) is 10.4. The SMILES string of the molecule is Oc1ccccc1-c1cc(C(F)(F)F)cc(-c2cccs2)n1. The largest absolute Gasteiger partial charge is 0.507 e. The summed E-state index contributed by atoms with van der Waals surface area (Å²) in [6, 6.07) is 11.6. The summed E-state index contributed by atoms with van der Waals surface area (Å²) in [5, 5.41) is 11.6. The van der Waals surface area contributed by atoms with Crippen molar-refractivity contribution in [2.45, 2.75) is 6.18 Å². The molecule has 112 valence electrons. The highest BCUT2D eigenvalue weighted by molar-refractivity contribution is 7.13. The van der Waals surface area contributed by atoms with Gasteiger partial charge in [-0.15, -0.1) is 11.3 Å². The van der Waals surface area contributed by atoms with Gasteiger partial charge in [-0.3, -0.25) is 0 Å². The molecule has 3 rings (SSSR count). The minimum absolute atomic E-state index is 0.0938. The Labute approximate surface area is 128 Å². The van der Waals surface area contributed by atoms with E-state index >= 15 is 0 Å². The second-order valence-electron chi connectivity index (χ2n) is 4.62.